The molecule has 1 fully saturated rings. The number of aromatic nitrogens is 2. The molecule has 1 aromatic carbocycles. The standard InChI is InChI=1S/C25H27F3N6O3S/c1-3-36-23-19-16(21(38-23)22(29)35)6-4-14-13-30-24(32-20(14)19)31-17-12-15(34-10-8-33(2)9-11-34)5-7-18(17)37-25(26,27)28/h5,7,12-13H,3-4,6,8-11H2,1-2H3,(H2,29,35)(H,30,31,32). The quantitative estimate of drug-likeness (QED) is 0.453. The lowest BCUT2D eigenvalue weighted by atomic mass is 9.91. The number of primary amides is 1. The van der Waals surface area contributed by atoms with E-state index in [1.807, 2.05) is 14.0 Å². The highest BCUT2D eigenvalue weighted by Crippen LogP contribution is 2.47. The van der Waals surface area contributed by atoms with Crippen molar-refractivity contribution < 1.29 is 27.4 Å². The third-order valence-electron chi connectivity index (χ3n) is 6.52. The van der Waals surface area contributed by atoms with Crippen LogP contribution in [0.4, 0.5) is 30.5 Å². The predicted octanol–water partition coefficient (Wildman–Crippen LogP) is 4.20. The number of amides is 1. The Morgan fingerprint density at radius 1 is 1.21 bits per heavy atom. The van der Waals surface area contributed by atoms with Crippen molar-refractivity contribution in [3.8, 4) is 22.1 Å². The van der Waals surface area contributed by atoms with Crippen LogP contribution < -0.4 is 25.4 Å². The van der Waals surface area contributed by atoms with E-state index < -0.39 is 12.3 Å². The number of nitrogens with two attached hydrogens (primary N) is 1. The Balaban J connectivity index is 1.52. The molecule has 2 aromatic heterocycles. The van der Waals surface area contributed by atoms with E-state index in [0.717, 1.165) is 43.0 Å². The number of nitrogens with zero attached hydrogens (tertiary/aromatic N) is 4. The highest BCUT2D eigenvalue weighted by Gasteiger charge is 2.33. The van der Waals surface area contributed by atoms with Crippen molar-refractivity contribution in [3.05, 3.63) is 40.4 Å². The van der Waals surface area contributed by atoms with Gasteiger partial charge in [0.1, 0.15) is 0 Å². The van der Waals surface area contributed by atoms with Crippen LogP contribution in [-0.4, -0.2) is 67.0 Å². The van der Waals surface area contributed by atoms with Crippen LogP contribution in [0.1, 0.15) is 27.7 Å². The van der Waals surface area contributed by atoms with Gasteiger partial charge in [-0.25, -0.2) is 9.97 Å². The number of aryl methyl sites for hydroxylation is 1. The van der Waals surface area contributed by atoms with Crippen LogP contribution in [0.2, 0.25) is 0 Å². The monoisotopic (exact) mass is 548 g/mol. The van der Waals surface area contributed by atoms with Crippen molar-refractivity contribution >= 4 is 34.6 Å². The third kappa shape index (κ3) is 5.34. The molecule has 0 radical (unpaired) electrons. The first-order valence-corrected chi connectivity index (χ1v) is 13.0. The van der Waals surface area contributed by atoms with Crippen molar-refractivity contribution in [1.29, 1.82) is 0 Å². The minimum absolute atomic E-state index is 0.0860. The summed E-state index contributed by atoms with van der Waals surface area (Å²) in [6.07, 6.45) is -2.06. The van der Waals surface area contributed by atoms with Crippen molar-refractivity contribution in [2.75, 3.05) is 50.1 Å². The zero-order chi connectivity index (χ0) is 27.0. The van der Waals surface area contributed by atoms with Gasteiger partial charge in [-0.15, -0.1) is 13.2 Å². The van der Waals surface area contributed by atoms with Crippen LogP contribution in [0.25, 0.3) is 11.3 Å². The van der Waals surface area contributed by atoms with Gasteiger partial charge in [0, 0.05) is 38.1 Å². The molecule has 1 aliphatic heterocycles. The number of hydrogen-bond acceptors (Lipinski definition) is 9. The molecule has 3 aromatic rings. The molecule has 38 heavy (non-hydrogen) atoms. The number of fused-ring (bicyclic) bond motifs is 3. The van der Waals surface area contributed by atoms with Crippen LogP contribution in [0.5, 0.6) is 10.8 Å². The molecule has 3 N–H and O–H groups in total. The van der Waals surface area contributed by atoms with Gasteiger partial charge in [0.15, 0.2) is 10.8 Å². The van der Waals surface area contributed by atoms with E-state index in [0.29, 0.717) is 40.6 Å². The van der Waals surface area contributed by atoms with Crippen LogP contribution in [0.3, 0.4) is 0 Å². The lowest BCUT2D eigenvalue weighted by Crippen LogP contribution is -2.44. The normalized spacial score (nSPS) is 15.6. The number of likely N-dealkylation sites (N-methyl/N-ethyl adjacent to an activating group) is 1. The summed E-state index contributed by atoms with van der Waals surface area (Å²) < 4.78 is 49.6. The van der Waals surface area contributed by atoms with Crippen LogP contribution in [0, 0.1) is 0 Å². The number of carbonyl (C=O) groups is 1. The van der Waals surface area contributed by atoms with E-state index in [2.05, 4.69) is 29.8 Å². The average Bonchev–Trinajstić information content (AvgIpc) is 3.24. The van der Waals surface area contributed by atoms with E-state index in [-0.39, 0.29) is 17.4 Å². The Morgan fingerprint density at radius 2 is 1.97 bits per heavy atom. The summed E-state index contributed by atoms with van der Waals surface area (Å²) in [5.74, 6) is -0.838. The maximum Gasteiger partial charge on any atom is 0.573 e. The van der Waals surface area contributed by atoms with Gasteiger partial charge >= 0.3 is 6.36 Å². The first kappa shape index (κ1) is 26.0. The molecule has 0 unspecified atom stereocenters. The maximum absolute atomic E-state index is 13.2. The Morgan fingerprint density at radius 3 is 2.66 bits per heavy atom. The van der Waals surface area contributed by atoms with E-state index in [9.17, 15) is 18.0 Å². The minimum atomic E-state index is -4.87. The van der Waals surface area contributed by atoms with Gasteiger partial charge in [-0.1, -0.05) is 11.3 Å². The lowest BCUT2D eigenvalue weighted by molar-refractivity contribution is -0.274. The lowest BCUT2D eigenvalue weighted by Gasteiger charge is -2.34. The van der Waals surface area contributed by atoms with Gasteiger partial charge in [-0.05, 0) is 56.1 Å². The summed E-state index contributed by atoms with van der Waals surface area (Å²) in [4.78, 5) is 25.8. The molecule has 1 amide bonds. The fourth-order valence-electron chi connectivity index (χ4n) is 4.69. The molecule has 0 saturated carbocycles. The van der Waals surface area contributed by atoms with E-state index in [1.54, 1.807) is 18.3 Å². The number of carbonyl (C=O) groups excluding carboxylic acids is 1. The summed E-state index contributed by atoms with van der Waals surface area (Å²) in [5.41, 5.74) is 9.30. The van der Waals surface area contributed by atoms with Crippen molar-refractivity contribution in [2.24, 2.45) is 5.73 Å². The topological polar surface area (TPSA) is 106 Å². The Bertz CT molecular complexity index is 1350. The molecular weight excluding hydrogens is 521 g/mol. The van der Waals surface area contributed by atoms with Gasteiger partial charge in [-0.3, -0.25) is 4.79 Å². The largest absolute Gasteiger partial charge is 0.573 e. The number of piperazine rings is 1. The molecule has 3 heterocycles. The highest BCUT2D eigenvalue weighted by molar-refractivity contribution is 7.16. The number of nitrogens with one attached hydrogen (secondary N) is 1. The summed E-state index contributed by atoms with van der Waals surface area (Å²) in [5, 5.41) is 3.46. The van der Waals surface area contributed by atoms with Crippen molar-refractivity contribution in [2.45, 2.75) is 26.1 Å². The fourth-order valence-corrected chi connectivity index (χ4v) is 5.80. The Kier molecular flexibility index (Phi) is 7.05. The predicted molar refractivity (Wildman–Crippen MR) is 139 cm³/mol. The molecule has 1 aliphatic carbocycles. The molecule has 13 heteroatoms. The third-order valence-corrected chi connectivity index (χ3v) is 7.68. The van der Waals surface area contributed by atoms with Gasteiger partial charge in [-0.2, -0.15) is 0 Å². The molecule has 0 spiro atoms. The first-order valence-electron chi connectivity index (χ1n) is 12.2. The van der Waals surface area contributed by atoms with Crippen LogP contribution in [0.15, 0.2) is 24.4 Å². The van der Waals surface area contributed by atoms with Crippen LogP contribution in [-0.2, 0) is 12.8 Å². The number of benzene rings is 1. The summed E-state index contributed by atoms with van der Waals surface area (Å²) >= 11 is 1.18. The number of halogens is 3. The van der Waals surface area contributed by atoms with Crippen molar-refractivity contribution in [1.82, 2.24) is 14.9 Å². The summed E-state index contributed by atoms with van der Waals surface area (Å²) in [6, 6.07) is 4.52. The molecule has 5 rings (SSSR count). The minimum Gasteiger partial charge on any atom is -0.484 e. The first-order chi connectivity index (χ1) is 18.1. The number of rotatable bonds is 7. The van der Waals surface area contributed by atoms with E-state index >= 15 is 0 Å². The molecule has 0 bridgehead atoms. The number of thiophene rings is 1. The zero-order valence-electron chi connectivity index (χ0n) is 20.9. The molecular formula is C25H27F3N6O3S. The Labute approximate surface area is 221 Å². The van der Waals surface area contributed by atoms with Gasteiger partial charge in [0.2, 0.25) is 5.95 Å². The van der Waals surface area contributed by atoms with E-state index in [1.165, 1.54) is 17.4 Å². The summed E-state index contributed by atoms with van der Waals surface area (Å²) in [7, 11) is 2.03. The highest BCUT2D eigenvalue weighted by atomic mass is 32.1. The molecule has 202 valence electrons. The fraction of sp³-hybridized carbons (Fsp3) is 0.400. The van der Waals surface area contributed by atoms with Crippen LogP contribution >= 0.6 is 11.3 Å². The number of anilines is 3. The average molecular weight is 549 g/mol. The second kappa shape index (κ2) is 10.3. The van der Waals surface area contributed by atoms with Gasteiger partial charge in [0.25, 0.3) is 5.91 Å². The zero-order valence-corrected chi connectivity index (χ0v) is 21.7. The molecule has 0 atom stereocenters. The van der Waals surface area contributed by atoms with Gasteiger partial charge in [0.05, 0.1) is 28.4 Å². The van der Waals surface area contributed by atoms with Gasteiger partial charge < -0.3 is 30.3 Å². The SMILES string of the molecule is CCOc1sc(C(N)=O)c2c1-c1nc(Nc3cc(N4CCN(C)CC4)ccc3OC(F)(F)F)ncc1CC2. The second-order valence-corrected chi connectivity index (χ2v) is 10.1. The number of ether oxygens (including phenoxy) is 2. The Hall–Kier alpha value is -3.58. The smallest absolute Gasteiger partial charge is 0.484 e. The van der Waals surface area contributed by atoms with E-state index in [4.69, 9.17) is 10.5 Å². The molecule has 1 saturated heterocycles. The number of hydrogen-bond donors (Lipinski definition) is 2. The second-order valence-electron chi connectivity index (χ2n) is 9.08. The molecule has 9 nitrogen and oxygen atoms in total. The number of alkyl halides is 3. The molecule has 2 aliphatic rings. The maximum atomic E-state index is 13.2. The van der Waals surface area contributed by atoms with Crippen molar-refractivity contribution in [3.63, 3.8) is 0 Å². The summed E-state index contributed by atoms with van der Waals surface area (Å²) in [6.45, 7) is 5.39.